The minimum Gasteiger partial charge on any atom is -0.494 e. The standard InChI is InChI=1S/C16H20NO/c1-4-10-16(11-5-1)18-15-9-3-8-14-17-12-6-2-7-13-17/h1-2,4-7,10-13H,3,8-9,14-15H2/q+1. The summed E-state index contributed by atoms with van der Waals surface area (Å²) in [4.78, 5) is 0. The Kier molecular flexibility index (Phi) is 5.25. The van der Waals surface area contributed by atoms with Crippen LogP contribution in [0.5, 0.6) is 5.75 Å². The SMILES string of the molecule is c1ccc(OCCCCC[n+]2ccccc2)cc1. The first-order valence-electron chi connectivity index (χ1n) is 6.57. The Morgan fingerprint density at radius 2 is 1.50 bits per heavy atom. The third kappa shape index (κ3) is 4.58. The fourth-order valence-corrected chi connectivity index (χ4v) is 1.86. The summed E-state index contributed by atoms with van der Waals surface area (Å²) in [7, 11) is 0. The summed E-state index contributed by atoms with van der Waals surface area (Å²) < 4.78 is 7.87. The smallest absolute Gasteiger partial charge is 0.168 e. The third-order valence-electron chi connectivity index (χ3n) is 2.85. The molecule has 0 bridgehead atoms. The van der Waals surface area contributed by atoms with Crippen LogP contribution in [-0.4, -0.2) is 6.61 Å². The van der Waals surface area contributed by atoms with Crippen molar-refractivity contribution in [1.82, 2.24) is 0 Å². The molecule has 1 aromatic carbocycles. The fraction of sp³-hybridized carbons (Fsp3) is 0.312. The van der Waals surface area contributed by atoms with Crippen LogP contribution < -0.4 is 9.30 Å². The van der Waals surface area contributed by atoms with Crippen LogP contribution in [0.2, 0.25) is 0 Å². The zero-order chi connectivity index (χ0) is 12.5. The Labute approximate surface area is 109 Å². The van der Waals surface area contributed by atoms with Crippen molar-refractivity contribution in [3.05, 3.63) is 60.9 Å². The monoisotopic (exact) mass is 242 g/mol. The number of nitrogens with zero attached hydrogens (tertiary/aromatic N) is 1. The van der Waals surface area contributed by atoms with E-state index in [1.807, 2.05) is 36.4 Å². The van der Waals surface area contributed by atoms with Crippen LogP contribution in [0, 0.1) is 0 Å². The van der Waals surface area contributed by atoms with Gasteiger partial charge in [0, 0.05) is 18.6 Å². The van der Waals surface area contributed by atoms with Gasteiger partial charge in [0.05, 0.1) is 6.61 Å². The average molecular weight is 242 g/mol. The summed E-state index contributed by atoms with van der Waals surface area (Å²) >= 11 is 0. The van der Waals surface area contributed by atoms with Crippen LogP contribution in [-0.2, 0) is 6.54 Å². The first-order chi connectivity index (χ1) is 8.95. The molecule has 0 fully saturated rings. The summed E-state index contributed by atoms with van der Waals surface area (Å²) in [6, 6.07) is 16.2. The van der Waals surface area contributed by atoms with E-state index in [9.17, 15) is 0 Å². The van der Waals surface area contributed by atoms with Crippen LogP contribution in [0.15, 0.2) is 60.9 Å². The van der Waals surface area contributed by atoms with Crippen molar-refractivity contribution in [2.45, 2.75) is 25.8 Å². The molecule has 2 rings (SSSR count). The van der Waals surface area contributed by atoms with E-state index >= 15 is 0 Å². The van der Waals surface area contributed by atoms with Gasteiger partial charge in [-0.15, -0.1) is 0 Å². The van der Waals surface area contributed by atoms with Gasteiger partial charge in [0.15, 0.2) is 12.4 Å². The second-order valence-corrected chi connectivity index (χ2v) is 4.34. The molecular weight excluding hydrogens is 222 g/mol. The van der Waals surface area contributed by atoms with Crippen molar-refractivity contribution in [2.75, 3.05) is 6.61 Å². The predicted molar refractivity (Wildman–Crippen MR) is 72.4 cm³/mol. The van der Waals surface area contributed by atoms with Gasteiger partial charge in [0.2, 0.25) is 0 Å². The van der Waals surface area contributed by atoms with Crippen LogP contribution in [0.4, 0.5) is 0 Å². The largest absolute Gasteiger partial charge is 0.494 e. The lowest BCUT2D eigenvalue weighted by Gasteiger charge is -2.04. The van der Waals surface area contributed by atoms with E-state index in [0.717, 1.165) is 25.3 Å². The van der Waals surface area contributed by atoms with Gasteiger partial charge in [-0.1, -0.05) is 24.3 Å². The molecule has 1 aromatic heterocycles. The molecule has 2 aromatic rings. The Morgan fingerprint density at radius 1 is 0.778 bits per heavy atom. The highest BCUT2D eigenvalue weighted by Gasteiger charge is 1.98. The Balaban J connectivity index is 1.54. The lowest BCUT2D eigenvalue weighted by molar-refractivity contribution is -0.697. The molecule has 0 aliphatic heterocycles. The molecule has 0 saturated carbocycles. The van der Waals surface area contributed by atoms with Gasteiger partial charge in [0.1, 0.15) is 12.3 Å². The van der Waals surface area contributed by atoms with Crippen LogP contribution in [0.3, 0.4) is 0 Å². The van der Waals surface area contributed by atoms with Crippen molar-refractivity contribution in [3.8, 4) is 5.75 Å². The number of para-hydroxylation sites is 1. The van der Waals surface area contributed by atoms with E-state index in [0.29, 0.717) is 0 Å². The topological polar surface area (TPSA) is 13.1 Å². The quantitative estimate of drug-likeness (QED) is 0.536. The average Bonchev–Trinajstić information content (AvgIpc) is 2.45. The lowest BCUT2D eigenvalue weighted by atomic mass is 10.2. The Bertz CT molecular complexity index is 384. The van der Waals surface area contributed by atoms with E-state index < -0.39 is 0 Å². The van der Waals surface area contributed by atoms with E-state index in [1.165, 1.54) is 12.8 Å². The number of pyridine rings is 1. The summed E-state index contributed by atoms with van der Waals surface area (Å²) in [5.41, 5.74) is 0. The van der Waals surface area contributed by atoms with Crippen LogP contribution in [0.1, 0.15) is 19.3 Å². The van der Waals surface area contributed by atoms with E-state index in [-0.39, 0.29) is 0 Å². The number of aryl methyl sites for hydroxylation is 1. The van der Waals surface area contributed by atoms with Crippen molar-refractivity contribution in [1.29, 1.82) is 0 Å². The molecule has 0 spiro atoms. The highest BCUT2D eigenvalue weighted by molar-refractivity contribution is 5.20. The number of aromatic nitrogens is 1. The third-order valence-corrected chi connectivity index (χ3v) is 2.85. The van der Waals surface area contributed by atoms with Gasteiger partial charge in [-0.05, 0) is 25.0 Å². The van der Waals surface area contributed by atoms with E-state index in [2.05, 4.69) is 29.1 Å². The zero-order valence-corrected chi connectivity index (χ0v) is 10.7. The van der Waals surface area contributed by atoms with Gasteiger partial charge in [-0.2, -0.15) is 0 Å². The van der Waals surface area contributed by atoms with Crippen molar-refractivity contribution in [3.63, 3.8) is 0 Å². The number of benzene rings is 1. The maximum Gasteiger partial charge on any atom is 0.168 e. The molecule has 0 radical (unpaired) electrons. The van der Waals surface area contributed by atoms with Crippen molar-refractivity contribution < 1.29 is 9.30 Å². The second kappa shape index (κ2) is 7.49. The van der Waals surface area contributed by atoms with Crippen molar-refractivity contribution in [2.24, 2.45) is 0 Å². The van der Waals surface area contributed by atoms with Gasteiger partial charge < -0.3 is 4.74 Å². The number of hydrogen-bond acceptors (Lipinski definition) is 1. The van der Waals surface area contributed by atoms with E-state index in [1.54, 1.807) is 0 Å². The van der Waals surface area contributed by atoms with Gasteiger partial charge in [-0.3, -0.25) is 0 Å². The summed E-state index contributed by atoms with van der Waals surface area (Å²) in [5.74, 6) is 0.968. The molecule has 0 aliphatic rings. The maximum atomic E-state index is 5.65. The molecule has 2 nitrogen and oxygen atoms in total. The summed E-state index contributed by atoms with van der Waals surface area (Å²) in [6.45, 7) is 1.90. The minimum atomic E-state index is 0.809. The second-order valence-electron chi connectivity index (χ2n) is 4.34. The highest BCUT2D eigenvalue weighted by atomic mass is 16.5. The molecule has 94 valence electrons. The molecule has 0 unspecified atom stereocenters. The van der Waals surface area contributed by atoms with Crippen LogP contribution in [0.25, 0.3) is 0 Å². The highest BCUT2D eigenvalue weighted by Crippen LogP contribution is 2.09. The lowest BCUT2D eigenvalue weighted by Crippen LogP contribution is -2.32. The number of ether oxygens (including phenoxy) is 1. The van der Waals surface area contributed by atoms with E-state index in [4.69, 9.17) is 4.74 Å². The molecule has 0 aliphatic carbocycles. The molecule has 2 heteroatoms. The predicted octanol–water partition coefficient (Wildman–Crippen LogP) is 3.22. The number of rotatable bonds is 7. The summed E-state index contributed by atoms with van der Waals surface area (Å²) in [6.07, 6.45) is 7.74. The zero-order valence-electron chi connectivity index (χ0n) is 10.7. The summed E-state index contributed by atoms with van der Waals surface area (Å²) in [5, 5.41) is 0. The molecule has 0 atom stereocenters. The number of unbranched alkanes of at least 4 members (excludes halogenated alkanes) is 2. The van der Waals surface area contributed by atoms with Gasteiger partial charge in [0.25, 0.3) is 0 Å². The molecule has 18 heavy (non-hydrogen) atoms. The molecule has 0 amide bonds. The number of hydrogen-bond donors (Lipinski definition) is 0. The molecular formula is C16H20NO+. The first-order valence-corrected chi connectivity index (χ1v) is 6.57. The molecule has 0 saturated heterocycles. The molecule has 0 N–H and O–H groups in total. The molecule has 1 heterocycles. The maximum absolute atomic E-state index is 5.65. The first kappa shape index (κ1) is 12.6. The Hall–Kier alpha value is -1.83. The van der Waals surface area contributed by atoms with Crippen LogP contribution >= 0.6 is 0 Å². The van der Waals surface area contributed by atoms with Gasteiger partial charge in [-0.25, -0.2) is 4.57 Å². The minimum absolute atomic E-state index is 0.809. The fourth-order valence-electron chi connectivity index (χ4n) is 1.86. The normalized spacial score (nSPS) is 10.2. The Morgan fingerprint density at radius 3 is 2.28 bits per heavy atom. The van der Waals surface area contributed by atoms with Gasteiger partial charge >= 0.3 is 0 Å². The van der Waals surface area contributed by atoms with Crippen molar-refractivity contribution >= 4 is 0 Å².